The van der Waals surface area contributed by atoms with Crippen LogP contribution in [0.1, 0.15) is 25.3 Å². The van der Waals surface area contributed by atoms with Gasteiger partial charge in [0.2, 0.25) is 0 Å². The van der Waals surface area contributed by atoms with E-state index in [4.69, 9.17) is 14.2 Å². The van der Waals surface area contributed by atoms with Crippen molar-refractivity contribution in [3.63, 3.8) is 0 Å². The second-order valence-electron chi connectivity index (χ2n) is 6.45. The summed E-state index contributed by atoms with van der Waals surface area (Å²) in [5.74, 6) is 0.372. The van der Waals surface area contributed by atoms with Crippen LogP contribution in [0.5, 0.6) is 11.5 Å². The maximum atomic E-state index is 11.8. The Morgan fingerprint density at radius 3 is 2.26 bits per heavy atom. The molecule has 6 heteroatoms. The minimum Gasteiger partial charge on any atom is -0.489 e. The highest BCUT2D eigenvalue weighted by Crippen LogP contribution is 2.20. The van der Waals surface area contributed by atoms with E-state index in [0.717, 1.165) is 18.4 Å². The SMILES string of the molecule is C[C@H](OC(=O)COc1ccc(OCc2ccccc2)cc1)C(=O)NC1CC1. The van der Waals surface area contributed by atoms with E-state index >= 15 is 0 Å². The molecular formula is C21H23NO5. The molecular weight excluding hydrogens is 346 g/mol. The van der Waals surface area contributed by atoms with Crippen LogP contribution < -0.4 is 14.8 Å². The van der Waals surface area contributed by atoms with Crippen molar-refractivity contribution in [3.05, 3.63) is 60.2 Å². The highest BCUT2D eigenvalue weighted by atomic mass is 16.6. The van der Waals surface area contributed by atoms with Gasteiger partial charge in [-0.25, -0.2) is 4.79 Å². The van der Waals surface area contributed by atoms with Crippen molar-refractivity contribution in [3.8, 4) is 11.5 Å². The summed E-state index contributed by atoms with van der Waals surface area (Å²) in [7, 11) is 0. The molecule has 0 heterocycles. The molecule has 1 atom stereocenters. The number of ether oxygens (including phenoxy) is 3. The topological polar surface area (TPSA) is 73.9 Å². The molecule has 1 N–H and O–H groups in total. The number of carbonyl (C=O) groups excluding carboxylic acids is 2. The first-order valence-corrected chi connectivity index (χ1v) is 8.99. The number of carbonyl (C=O) groups is 2. The van der Waals surface area contributed by atoms with Crippen molar-refractivity contribution in [1.29, 1.82) is 0 Å². The molecule has 0 aromatic heterocycles. The molecule has 1 aliphatic carbocycles. The van der Waals surface area contributed by atoms with Gasteiger partial charge in [-0.3, -0.25) is 4.79 Å². The fourth-order valence-electron chi connectivity index (χ4n) is 2.35. The molecule has 2 aromatic carbocycles. The predicted molar refractivity (Wildman–Crippen MR) is 99.4 cm³/mol. The third kappa shape index (κ3) is 6.33. The molecule has 0 bridgehead atoms. The van der Waals surface area contributed by atoms with Crippen molar-refractivity contribution in [2.45, 2.75) is 38.5 Å². The third-order valence-corrected chi connectivity index (χ3v) is 4.03. The van der Waals surface area contributed by atoms with Gasteiger partial charge >= 0.3 is 5.97 Å². The highest BCUT2D eigenvalue weighted by molar-refractivity contribution is 5.84. The Morgan fingerprint density at radius 2 is 1.63 bits per heavy atom. The van der Waals surface area contributed by atoms with Crippen LogP contribution >= 0.6 is 0 Å². The third-order valence-electron chi connectivity index (χ3n) is 4.03. The molecule has 142 valence electrons. The Morgan fingerprint density at radius 1 is 1.00 bits per heavy atom. The van der Waals surface area contributed by atoms with E-state index in [2.05, 4.69) is 5.32 Å². The van der Waals surface area contributed by atoms with Gasteiger partial charge in [-0.05, 0) is 49.6 Å². The first-order chi connectivity index (χ1) is 13.1. The van der Waals surface area contributed by atoms with Gasteiger partial charge in [0.05, 0.1) is 0 Å². The Balaban J connectivity index is 1.38. The fourth-order valence-corrected chi connectivity index (χ4v) is 2.35. The van der Waals surface area contributed by atoms with Gasteiger partial charge in [0.25, 0.3) is 5.91 Å². The van der Waals surface area contributed by atoms with E-state index in [1.165, 1.54) is 0 Å². The smallest absolute Gasteiger partial charge is 0.344 e. The van der Waals surface area contributed by atoms with Crippen molar-refractivity contribution in [1.82, 2.24) is 5.32 Å². The molecule has 0 unspecified atom stereocenters. The summed E-state index contributed by atoms with van der Waals surface area (Å²) >= 11 is 0. The van der Waals surface area contributed by atoms with Gasteiger partial charge in [-0.15, -0.1) is 0 Å². The van der Waals surface area contributed by atoms with Crippen LogP contribution in [0.2, 0.25) is 0 Å². The van der Waals surface area contributed by atoms with Gasteiger partial charge in [-0.1, -0.05) is 30.3 Å². The number of benzene rings is 2. The molecule has 0 saturated heterocycles. The van der Waals surface area contributed by atoms with Crippen LogP contribution in [0, 0.1) is 0 Å². The summed E-state index contributed by atoms with van der Waals surface area (Å²) in [6, 6.07) is 17.1. The predicted octanol–water partition coefficient (Wildman–Crippen LogP) is 2.85. The molecule has 3 rings (SSSR count). The number of hydrogen-bond donors (Lipinski definition) is 1. The van der Waals surface area contributed by atoms with E-state index in [-0.39, 0.29) is 18.6 Å². The second kappa shape index (κ2) is 9.07. The first-order valence-electron chi connectivity index (χ1n) is 8.99. The van der Waals surface area contributed by atoms with Crippen molar-refractivity contribution in [2.24, 2.45) is 0 Å². The lowest BCUT2D eigenvalue weighted by molar-refractivity contribution is -0.156. The van der Waals surface area contributed by atoms with E-state index < -0.39 is 12.1 Å². The largest absolute Gasteiger partial charge is 0.489 e. The standard InChI is InChI=1S/C21H23NO5/c1-15(21(24)22-17-7-8-17)27-20(23)14-26-19-11-9-18(10-12-19)25-13-16-5-3-2-4-6-16/h2-6,9-12,15,17H,7-8,13-14H2,1H3,(H,22,24)/t15-/m0/s1. The van der Waals surface area contributed by atoms with E-state index in [1.54, 1.807) is 31.2 Å². The van der Waals surface area contributed by atoms with Crippen LogP contribution in [-0.2, 0) is 20.9 Å². The van der Waals surface area contributed by atoms with Gasteiger partial charge in [0, 0.05) is 6.04 Å². The minimum absolute atomic E-state index is 0.234. The summed E-state index contributed by atoms with van der Waals surface area (Å²) in [4.78, 5) is 23.6. The molecule has 1 amide bonds. The normalized spacial score (nSPS) is 14.1. The van der Waals surface area contributed by atoms with Crippen LogP contribution in [0.4, 0.5) is 0 Å². The number of esters is 1. The van der Waals surface area contributed by atoms with Crippen LogP contribution in [0.3, 0.4) is 0 Å². The molecule has 6 nitrogen and oxygen atoms in total. The number of rotatable bonds is 9. The average molecular weight is 369 g/mol. The summed E-state index contributed by atoms with van der Waals surface area (Å²) < 4.78 is 16.2. The quantitative estimate of drug-likeness (QED) is 0.688. The van der Waals surface area contributed by atoms with E-state index in [1.807, 2.05) is 30.3 Å². The monoisotopic (exact) mass is 369 g/mol. The zero-order chi connectivity index (χ0) is 19.1. The number of nitrogens with one attached hydrogen (secondary N) is 1. The Bertz CT molecular complexity index is 756. The van der Waals surface area contributed by atoms with Gasteiger partial charge in [0.15, 0.2) is 12.7 Å². The van der Waals surface area contributed by atoms with Crippen LogP contribution in [0.15, 0.2) is 54.6 Å². The van der Waals surface area contributed by atoms with Gasteiger partial charge in [0.1, 0.15) is 18.1 Å². The van der Waals surface area contributed by atoms with Crippen LogP contribution in [0.25, 0.3) is 0 Å². The molecule has 1 aliphatic rings. The maximum absolute atomic E-state index is 11.8. The number of hydrogen-bond acceptors (Lipinski definition) is 5. The lowest BCUT2D eigenvalue weighted by Gasteiger charge is -2.13. The Labute approximate surface area is 158 Å². The van der Waals surface area contributed by atoms with Gasteiger partial charge in [-0.2, -0.15) is 0 Å². The summed E-state index contributed by atoms with van der Waals surface area (Å²) in [5.41, 5.74) is 1.08. The molecule has 0 aliphatic heterocycles. The summed E-state index contributed by atoms with van der Waals surface area (Å²) in [6.07, 6.45) is 1.15. The Kier molecular flexibility index (Phi) is 6.30. The Hall–Kier alpha value is -3.02. The summed E-state index contributed by atoms with van der Waals surface area (Å²) in [5, 5.41) is 2.79. The lowest BCUT2D eigenvalue weighted by atomic mass is 10.2. The average Bonchev–Trinajstić information content (AvgIpc) is 3.50. The molecule has 0 spiro atoms. The van der Waals surface area contributed by atoms with Crippen molar-refractivity contribution >= 4 is 11.9 Å². The fraction of sp³-hybridized carbons (Fsp3) is 0.333. The minimum atomic E-state index is -0.824. The molecule has 1 saturated carbocycles. The second-order valence-corrected chi connectivity index (χ2v) is 6.45. The maximum Gasteiger partial charge on any atom is 0.344 e. The van der Waals surface area contributed by atoms with Gasteiger partial charge < -0.3 is 19.5 Å². The molecule has 2 aromatic rings. The van der Waals surface area contributed by atoms with Crippen LogP contribution in [-0.4, -0.2) is 30.6 Å². The first kappa shape index (κ1) is 18.8. The molecule has 1 fully saturated rings. The highest BCUT2D eigenvalue weighted by Gasteiger charge is 2.27. The summed E-state index contributed by atoms with van der Waals surface area (Å²) in [6.45, 7) is 1.77. The lowest BCUT2D eigenvalue weighted by Crippen LogP contribution is -2.37. The zero-order valence-electron chi connectivity index (χ0n) is 15.2. The zero-order valence-corrected chi connectivity index (χ0v) is 15.2. The van der Waals surface area contributed by atoms with Crippen molar-refractivity contribution < 1.29 is 23.8 Å². The number of amides is 1. The molecule has 0 radical (unpaired) electrons. The van der Waals surface area contributed by atoms with E-state index in [0.29, 0.717) is 18.1 Å². The molecule has 27 heavy (non-hydrogen) atoms. The van der Waals surface area contributed by atoms with Crippen molar-refractivity contribution in [2.75, 3.05) is 6.61 Å². The van der Waals surface area contributed by atoms with E-state index in [9.17, 15) is 9.59 Å².